The number of rotatable bonds is 5. The van der Waals surface area contributed by atoms with Gasteiger partial charge in [0.2, 0.25) is 10.0 Å². The maximum absolute atomic E-state index is 12.9. The van der Waals surface area contributed by atoms with Crippen LogP contribution in [0.1, 0.15) is 41.5 Å². The summed E-state index contributed by atoms with van der Waals surface area (Å²) in [5, 5.41) is 0. The number of aryl methyl sites for hydroxylation is 2. The third-order valence-electron chi connectivity index (χ3n) is 5.37. The minimum atomic E-state index is -3.46. The third kappa shape index (κ3) is 3.62. The first-order valence-corrected chi connectivity index (χ1v) is 10.1. The molecule has 3 rings (SSSR count). The summed E-state index contributed by atoms with van der Waals surface area (Å²) in [5.74, 6) is 0.856. The van der Waals surface area contributed by atoms with Crippen molar-refractivity contribution in [2.24, 2.45) is 5.92 Å². The summed E-state index contributed by atoms with van der Waals surface area (Å²) in [6.07, 6.45) is 3.59. The van der Waals surface area contributed by atoms with Crippen LogP contribution in [0.25, 0.3) is 0 Å². The molecule has 1 N–H and O–H groups in total. The van der Waals surface area contributed by atoms with Gasteiger partial charge in [0, 0.05) is 19.1 Å². The van der Waals surface area contributed by atoms with Crippen LogP contribution in [0.15, 0.2) is 11.0 Å². The highest BCUT2D eigenvalue weighted by Gasteiger charge is 2.32. The summed E-state index contributed by atoms with van der Waals surface area (Å²) in [5.41, 5.74) is 3.81. The molecule has 0 amide bonds. The number of benzene rings is 1. The molecule has 1 aliphatic heterocycles. The molecule has 128 valence electrons. The number of nitrogens with one attached hydrogen (secondary N) is 1. The van der Waals surface area contributed by atoms with Crippen molar-refractivity contribution in [3.05, 3.63) is 28.3 Å². The zero-order chi connectivity index (χ0) is 16.8. The Balaban J connectivity index is 1.77. The van der Waals surface area contributed by atoms with E-state index in [0.29, 0.717) is 4.90 Å². The predicted molar refractivity (Wildman–Crippen MR) is 93.3 cm³/mol. The van der Waals surface area contributed by atoms with Crippen molar-refractivity contribution >= 4 is 10.0 Å². The molecule has 2 fully saturated rings. The molecule has 1 saturated carbocycles. The maximum Gasteiger partial charge on any atom is 0.241 e. The molecule has 0 spiro atoms. The Bertz CT molecular complexity index is 682. The minimum Gasteiger partial charge on any atom is -0.301 e. The van der Waals surface area contributed by atoms with Crippen LogP contribution in [-0.2, 0) is 10.0 Å². The predicted octanol–water partition coefficient (Wildman–Crippen LogP) is 2.68. The third-order valence-corrected chi connectivity index (χ3v) is 7.17. The highest BCUT2D eigenvalue weighted by Crippen LogP contribution is 2.31. The van der Waals surface area contributed by atoms with Gasteiger partial charge in [0.05, 0.1) is 4.90 Å². The van der Waals surface area contributed by atoms with Gasteiger partial charge < -0.3 is 4.90 Å². The average Bonchev–Trinajstić information content (AvgIpc) is 3.16. The zero-order valence-corrected chi connectivity index (χ0v) is 15.5. The Labute approximate surface area is 140 Å². The second-order valence-electron chi connectivity index (χ2n) is 7.40. The van der Waals surface area contributed by atoms with Crippen LogP contribution >= 0.6 is 0 Å². The minimum absolute atomic E-state index is 0.0402. The molecule has 1 unspecified atom stereocenters. The number of likely N-dealkylation sites (tertiary alicyclic amines) is 1. The fourth-order valence-corrected chi connectivity index (χ4v) is 5.50. The average molecular weight is 337 g/mol. The van der Waals surface area contributed by atoms with Crippen molar-refractivity contribution in [2.45, 2.75) is 57.9 Å². The van der Waals surface area contributed by atoms with Crippen LogP contribution in [-0.4, -0.2) is 39.0 Å². The molecule has 0 aromatic heterocycles. The molecule has 0 radical (unpaired) electrons. The van der Waals surface area contributed by atoms with Crippen LogP contribution in [0.3, 0.4) is 0 Å². The van der Waals surface area contributed by atoms with Crippen molar-refractivity contribution in [3.63, 3.8) is 0 Å². The van der Waals surface area contributed by atoms with E-state index in [0.717, 1.165) is 54.2 Å². The van der Waals surface area contributed by atoms with Crippen LogP contribution in [0.2, 0.25) is 0 Å². The smallest absolute Gasteiger partial charge is 0.241 e. The largest absolute Gasteiger partial charge is 0.301 e. The Hall–Kier alpha value is -0.910. The van der Waals surface area contributed by atoms with E-state index in [1.165, 1.54) is 12.8 Å². The van der Waals surface area contributed by atoms with E-state index in [-0.39, 0.29) is 6.04 Å². The molecule has 5 heteroatoms. The first-order valence-electron chi connectivity index (χ1n) is 8.60. The van der Waals surface area contributed by atoms with E-state index < -0.39 is 10.0 Å². The van der Waals surface area contributed by atoms with Gasteiger partial charge in [0.15, 0.2) is 0 Å². The summed E-state index contributed by atoms with van der Waals surface area (Å²) in [6.45, 7) is 10.8. The molecule has 1 aromatic rings. The van der Waals surface area contributed by atoms with Crippen LogP contribution in [0, 0.1) is 33.6 Å². The molecule has 23 heavy (non-hydrogen) atoms. The summed E-state index contributed by atoms with van der Waals surface area (Å²) >= 11 is 0. The van der Waals surface area contributed by atoms with E-state index in [9.17, 15) is 8.42 Å². The van der Waals surface area contributed by atoms with Gasteiger partial charge in [0.25, 0.3) is 0 Å². The van der Waals surface area contributed by atoms with Crippen LogP contribution in [0.5, 0.6) is 0 Å². The number of sulfonamides is 1. The van der Waals surface area contributed by atoms with Crippen molar-refractivity contribution in [2.75, 3.05) is 19.6 Å². The van der Waals surface area contributed by atoms with E-state index in [1.54, 1.807) is 0 Å². The Morgan fingerprint density at radius 2 is 1.70 bits per heavy atom. The van der Waals surface area contributed by atoms with Gasteiger partial charge in [-0.25, -0.2) is 13.1 Å². The molecule has 1 aliphatic carbocycles. The van der Waals surface area contributed by atoms with Crippen LogP contribution < -0.4 is 4.72 Å². The number of hydrogen-bond acceptors (Lipinski definition) is 3. The van der Waals surface area contributed by atoms with Gasteiger partial charge in [-0.3, -0.25) is 0 Å². The first kappa shape index (κ1) is 16.9. The number of hydrogen-bond donors (Lipinski definition) is 1. The lowest BCUT2D eigenvalue weighted by Gasteiger charge is -2.19. The van der Waals surface area contributed by atoms with Crippen molar-refractivity contribution < 1.29 is 8.42 Å². The standard InChI is InChI=1S/C18H28N2O2S/c1-12-9-13(2)15(4)18(14(12)3)23(21,22)19-17-7-8-20(11-17)10-16-5-6-16/h9,16-17,19H,5-8,10-11H2,1-4H3. The molecule has 4 nitrogen and oxygen atoms in total. The van der Waals surface area contributed by atoms with Crippen LogP contribution in [0.4, 0.5) is 0 Å². The van der Waals surface area contributed by atoms with Gasteiger partial charge in [0.1, 0.15) is 0 Å². The summed E-state index contributed by atoms with van der Waals surface area (Å²) in [7, 11) is -3.46. The quantitative estimate of drug-likeness (QED) is 0.899. The fraction of sp³-hybridized carbons (Fsp3) is 0.667. The Kier molecular flexibility index (Phi) is 4.55. The zero-order valence-electron chi connectivity index (χ0n) is 14.6. The lowest BCUT2D eigenvalue weighted by Crippen LogP contribution is -2.38. The highest BCUT2D eigenvalue weighted by atomic mass is 32.2. The second kappa shape index (κ2) is 6.19. The normalized spacial score (nSPS) is 22.7. The number of nitrogens with zero attached hydrogens (tertiary/aromatic N) is 1. The lowest BCUT2D eigenvalue weighted by atomic mass is 10.0. The Morgan fingerprint density at radius 1 is 1.09 bits per heavy atom. The van der Waals surface area contributed by atoms with E-state index >= 15 is 0 Å². The van der Waals surface area contributed by atoms with Crippen molar-refractivity contribution in [1.82, 2.24) is 9.62 Å². The molecule has 1 saturated heterocycles. The molecule has 1 aromatic carbocycles. The van der Waals surface area contributed by atoms with Gasteiger partial charge in [-0.15, -0.1) is 0 Å². The molecular formula is C18H28N2O2S. The topological polar surface area (TPSA) is 49.4 Å². The summed E-state index contributed by atoms with van der Waals surface area (Å²) in [6, 6.07) is 2.11. The van der Waals surface area contributed by atoms with E-state index in [1.807, 2.05) is 27.7 Å². The van der Waals surface area contributed by atoms with Crippen molar-refractivity contribution in [3.8, 4) is 0 Å². The molecule has 0 bridgehead atoms. The molecular weight excluding hydrogens is 308 g/mol. The summed E-state index contributed by atoms with van der Waals surface area (Å²) in [4.78, 5) is 2.89. The van der Waals surface area contributed by atoms with Gasteiger partial charge in [-0.1, -0.05) is 6.07 Å². The van der Waals surface area contributed by atoms with E-state index in [4.69, 9.17) is 0 Å². The second-order valence-corrected chi connectivity index (χ2v) is 9.05. The fourth-order valence-electron chi connectivity index (χ4n) is 3.62. The van der Waals surface area contributed by atoms with Crippen molar-refractivity contribution in [1.29, 1.82) is 0 Å². The van der Waals surface area contributed by atoms with E-state index in [2.05, 4.69) is 15.7 Å². The highest BCUT2D eigenvalue weighted by molar-refractivity contribution is 7.89. The molecule has 1 atom stereocenters. The van der Waals surface area contributed by atoms with Gasteiger partial charge in [-0.05, 0) is 81.7 Å². The maximum atomic E-state index is 12.9. The monoisotopic (exact) mass is 336 g/mol. The summed E-state index contributed by atoms with van der Waals surface area (Å²) < 4.78 is 28.9. The first-order chi connectivity index (χ1) is 10.8. The van der Waals surface area contributed by atoms with Gasteiger partial charge >= 0.3 is 0 Å². The Morgan fingerprint density at radius 3 is 2.26 bits per heavy atom. The SMILES string of the molecule is Cc1cc(C)c(C)c(S(=O)(=O)NC2CCN(CC3CC3)C2)c1C. The molecule has 2 aliphatic rings. The molecule has 1 heterocycles. The lowest BCUT2D eigenvalue weighted by molar-refractivity contribution is 0.318. The van der Waals surface area contributed by atoms with Gasteiger partial charge in [-0.2, -0.15) is 0 Å².